The van der Waals surface area contributed by atoms with Crippen LogP contribution in [0.1, 0.15) is 58.8 Å². The number of hydrogen-bond acceptors (Lipinski definition) is 2. The molecule has 4 heteroatoms. The molecule has 0 spiro atoms. The van der Waals surface area contributed by atoms with Crippen molar-refractivity contribution in [1.82, 2.24) is 10.2 Å². The highest BCUT2D eigenvalue weighted by Crippen LogP contribution is 2.09. The minimum Gasteiger partial charge on any atom is -0.343 e. The molecule has 1 heterocycles. The Morgan fingerprint density at radius 2 is 1.78 bits per heavy atom. The normalized spacial score (nSPS) is 20.1. The fourth-order valence-electron chi connectivity index (χ4n) is 2.32. The third-order valence-electron chi connectivity index (χ3n) is 3.47. The maximum absolute atomic E-state index is 12.0. The van der Waals surface area contributed by atoms with E-state index in [1.807, 2.05) is 6.92 Å². The molecule has 0 radical (unpaired) electrons. The molecule has 1 unspecified atom stereocenters. The Bertz CT molecular complexity index is 279. The molecule has 18 heavy (non-hydrogen) atoms. The minimum atomic E-state index is -0.300. The Morgan fingerprint density at radius 3 is 2.44 bits per heavy atom. The lowest BCUT2D eigenvalue weighted by Gasteiger charge is -2.32. The summed E-state index contributed by atoms with van der Waals surface area (Å²) in [5.74, 6) is 0.0677. The molecule has 1 saturated heterocycles. The predicted octanol–water partition coefficient (Wildman–Crippen LogP) is 2.08. The molecule has 0 saturated carbocycles. The predicted molar refractivity (Wildman–Crippen MR) is 72.2 cm³/mol. The summed E-state index contributed by atoms with van der Waals surface area (Å²) in [6.07, 6.45) is 7.91. The Labute approximate surface area is 110 Å². The fraction of sp³-hybridized carbons (Fsp3) is 0.857. The van der Waals surface area contributed by atoms with E-state index in [1.54, 1.807) is 4.90 Å². The van der Waals surface area contributed by atoms with Gasteiger partial charge in [0.15, 0.2) is 0 Å². The van der Waals surface area contributed by atoms with Crippen molar-refractivity contribution in [2.24, 2.45) is 0 Å². The Morgan fingerprint density at radius 1 is 1.11 bits per heavy atom. The van der Waals surface area contributed by atoms with Crippen LogP contribution in [-0.2, 0) is 9.59 Å². The van der Waals surface area contributed by atoms with Crippen molar-refractivity contribution in [3.8, 4) is 0 Å². The van der Waals surface area contributed by atoms with Gasteiger partial charge in [-0.1, -0.05) is 46.0 Å². The largest absolute Gasteiger partial charge is 0.343 e. The van der Waals surface area contributed by atoms with Gasteiger partial charge < -0.3 is 10.2 Å². The molecule has 0 aliphatic carbocycles. The van der Waals surface area contributed by atoms with Gasteiger partial charge in [0.2, 0.25) is 11.8 Å². The second-order valence-electron chi connectivity index (χ2n) is 5.06. The molecule has 1 aliphatic heterocycles. The van der Waals surface area contributed by atoms with E-state index >= 15 is 0 Å². The lowest BCUT2D eigenvalue weighted by molar-refractivity contribution is -0.144. The molecule has 0 aromatic rings. The zero-order chi connectivity index (χ0) is 13.4. The van der Waals surface area contributed by atoms with E-state index in [-0.39, 0.29) is 24.4 Å². The van der Waals surface area contributed by atoms with Crippen molar-refractivity contribution >= 4 is 11.8 Å². The van der Waals surface area contributed by atoms with Gasteiger partial charge in [0.25, 0.3) is 0 Å². The number of rotatable bonds is 8. The van der Waals surface area contributed by atoms with Crippen molar-refractivity contribution in [2.45, 2.75) is 64.8 Å². The van der Waals surface area contributed by atoms with Crippen LogP contribution in [0.5, 0.6) is 0 Å². The maximum atomic E-state index is 12.0. The van der Waals surface area contributed by atoms with Crippen molar-refractivity contribution < 1.29 is 9.59 Å². The highest BCUT2D eigenvalue weighted by atomic mass is 16.2. The van der Waals surface area contributed by atoms with Crippen molar-refractivity contribution in [1.29, 1.82) is 0 Å². The van der Waals surface area contributed by atoms with E-state index in [9.17, 15) is 9.59 Å². The number of unbranched alkanes of at least 4 members (excludes halogenated alkanes) is 5. The maximum Gasteiger partial charge on any atom is 0.245 e. The van der Waals surface area contributed by atoms with Gasteiger partial charge in [0, 0.05) is 6.54 Å². The van der Waals surface area contributed by atoms with Crippen LogP contribution in [0.2, 0.25) is 0 Å². The quantitative estimate of drug-likeness (QED) is 0.674. The number of carbonyl (C=O) groups excluding carboxylic acids is 2. The topological polar surface area (TPSA) is 49.4 Å². The number of hydrogen-bond donors (Lipinski definition) is 1. The number of nitrogens with one attached hydrogen (secondary N) is 1. The Kier molecular flexibility index (Phi) is 6.76. The van der Waals surface area contributed by atoms with E-state index in [1.165, 1.54) is 25.7 Å². The minimum absolute atomic E-state index is 0.0209. The third-order valence-corrected chi connectivity index (χ3v) is 3.47. The summed E-state index contributed by atoms with van der Waals surface area (Å²) < 4.78 is 0. The van der Waals surface area contributed by atoms with Gasteiger partial charge in [0.1, 0.15) is 6.04 Å². The van der Waals surface area contributed by atoms with Gasteiger partial charge in [-0.05, 0) is 12.8 Å². The molecule has 0 aromatic carbocycles. The number of nitrogens with zero attached hydrogens (tertiary/aromatic N) is 1. The van der Waals surface area contributed by atoms with Gasteiger partial charge in [-0.3, -0.25) is 9.59 Å². The summed E-state index contributed by atoms with van der Waals surface area (Å²) in [5, 5.41) is 2.73. The van der Waals surface area contributed by atoms with Crippen LogP contribution in [0, 0.1) is 0 Å². The lowest BCUT2D eigenvalue weighted by Crippen LogP contribution is -2.57. The molecule has 4 nitrogen and oxygen atoms in total. The summed E-state index contributed by atoms with van der Waals surface area (Å²) in [6.45, 7) is 5.10. The molecule has 104 valence electrons. The van der Waals surface area contributed by atoms with Gasteiger partial charge in [-0.15, -0.1) is 0 Å². The van der Waals surface area contributed by atoms with Crippen LogP contribution in [-0.4, -0.2) is 35.8 Å². The lowest BCUT2D eigenvalue weighted by atomic mass is 10.1. The van der Waals surface area contributed by atoms with Crippen LogP contribution in [0.15, 0.2) is 0 Å². The van der Waals surface area contributed by atoms with Crippen molar-refractivity contribution in [2.75, 3.05) is 13.1 Å². The first-order valence-electron chi connectivity index (χ1n) is 7.27. The van der Waals surface area contributed by atoms with E-state index in [2.05, 4.69) is 12.2 Å². The van der Waals surface area contributed by atoms with E-state index in [0.717, 1.165) is 19.4 Å². The molecule has 1 aliphatic rings. The summed E-state index contributed by atoms with van der Waals surface area (Å²) in [4.78, 5) is 25.2. The molecule has 2 amide bonds. The molecule has 1 N–H and O–H groups in total. The molecule has 1 fully saturated rings. The highest BCUT2D eigenvalue weighted by molar-refractivity contribution is 5.94. The second-order valence-corrected chi connectivity index (χ2v) is 5.06. The van der Waals surface area contributed by atoms with Gasteiger partial charge in [0.05, 0.1) is 6.54 Å². The fourth-order valence-corrected chi connectivity index (χ4v) is 2.32. The van der Waals surface area contributed by atoms with Crippen LogP contribution >= 0.6 is 0 Å². The molecule has 0 aromatic heterocycles. The second kappa shape index (κ2) is 8.11. The first-order valence-corrected chi connectivity index (χ1v) is 7.27. The first kappa shape index (κ1) is 15.0. The summed E-state index contributed by atoms with van der Waals surface area (Å²) in [6, 6.07) is -0.300. The van der Waals surface area contributed by atoms with Crippen LogP contribution in [0.25, 0.3) is 0 Å². The smallest absolute Gasteiger partial charge is 0.245 e. The van der Waals surface area contributed by atoms with Gasteiger partial charge in [-0.2, -0.15) is 0 Å². The standard InChI is InChI=1S/C14H26N2O2/c1-3-5-6-7-8-9-10-16-11-13(17)15-12(4-2)14(16)18/h12H,3-11H2,1-2H3,(H,15,17). The van der Waals surface area contributed by atoms with Crippen molar-refractivity contribution in [3.05, 3.63) is 0 Å². The van der Waals surface area contributed by atoms with Crippen LogP contribution < -0.4 is 5.32 Å². The number of amides is 2. The molecule has 1 atom stereocenters. The zero-order valence-electron chi connectivity index (χ0n) is 11.7. The molecular weight excluding hydrogens is 228 g/mol. The Hall–Kier alpha value is -1.06. The zero-order valence-corrected chi connectivity index (χ0v) is 11.7. The first-order chi connectivity index (χ1) is 8.69. The summed E-state index contributed by atoms with van der Waals surface area (Å²) in [7, 11) is 0. The van der Waals surface area contributed by atoms with Gasteiger partial charge in [-0.25, -0.2) is 0 Å². The highest BCUT2D eigenvalue weighted by Gasteiger charge is 2.30. The monoisotopic (exact) mass is 254 g/mol. The molecular formula is C14H26N2O2. The molecule has 1 rings (SSSR count). The Balaban J connectivity index is 2.23. The summed E-state index contributed by atoms with van der Waals surface area (Å²) in [5.41, 5.74) is 0. The van der Waals surface area contributed by atoms with E-state index < -0.39 is 0 Å². The number of piperazine rings is 1. The SMILES string of the molecule is CCCCCCCCN1CC(=O)NC(CC)C1=O. The van der Waals surface area contributed by atoms with Crippen molar-refractivity contribution in [3.63, 3.8) is 0 Å². The van der Waals surface area contributed by atoms with Gasteiger partial charge >= 0.3 is 0 Å². The summed E-state index contributed by atoms with van der Waals surface area (Å²) >= 11 is 0. The number of carbonyl (C=O) groups is 2. The molecule has 0 bridgehead atoms. The average Bonchev–Trinajstić information content (AvgIpc) is 2.37. The average molecular weight is 254 g/mol. The van der Waals surface area contributed by atoms with Crippen LogP contribution in [0.3, 0.4) is 0 Å². The van der Waals surface area contributed by atoms with Crippen LogP contribution in [0.4, 0.5) is 0 Å². The van der Waals surface area contributed by atoms with E-state index in [0.29, 0.717) is 6.42 Å². The van der Waals surface area contributed by atoms with E-state index in [4.69, 9.17) is 0 Å². The third kappa shape index (κ3) is 4.67.